The predicted molar refractivity (Wildman–Crippen MR) is 89.8 cm³/mol. The Labute approximate surface area is 138 Å². The zero-order chi connectivity index (χ0) is 16.8. The molecule has 0 amide bonds. The molecular formula is C17H16FN5O. The van der Waals surface area contributed by atoms with Crippen molar-refractivity contribution in [1.82, 2.24) is 15.2 Å². The van der Waals surface area contributed by atoms with Crippen LogP contribution >= 0.6 is 0 Å². The van der Waals surface area contributed by atoms with Crippen LogP contribution in [0.5, 0.6) is 5.75 Å². The fourth-order valence-electron chi connectivity index (χ4n) is 2.10. The summed E-state index contributed by atoms with van der Waals surface area (Å²) in [5.74, 6) is 1.34. The Morgan fingerprint density at radius 2 is 1.88 bits per heavy atom. The van der Waals surface area contributed by atoms with Gasteiger partial charge in [0.05, 0.1) is 19.0 Å². The smallest absolute Gasteiger partial charge is 0.249 e. The van der Waals surface area contributed by atoms with Crippen LogP contribution in [0.1, 0.15) is 5.56 Å². The fourth-order valence-corrected chi connectivity index (χ4v) is 2.10. The third kappa shape index (κ3) is 3.95. The number of para-hydroxylation sites is 2. The molecule has 0 aliphatic carbocycles. The van der Waals surface area contributed by atoms with Gasteiger partial charge < -0.3 is 15.4 Å². The number of aromatic nitrogens is 3. The van der Waals surface area contributed by atoms with Crippen LogP contribution in [0.2, 0.25) is 0 Å². The van der Waals surface area contributed by atoms with Crippen molar-refractivity contribution in [3.8, 4) is 5.75 Å². The number of ether oxygens (including phenoxy) is 1. The van der Waals surface area contributed by atoms with E-state index in [1.165, 1.54) is 18.3 Å². The second kappa shape index (κ2) is 7.36. The maximum Gasteiger partial charge on any atom is 0.249 e. The highest BCUT2D eigenvalue weighted by molar-refractivity contribution is 5.62. The molecule has 0 atom stereocenters. The van der Waals surface area contributed by atoms with Crippen molar-refractivity contribution in [2.45, 2.75) is 6.54 Å². The van der Waals surface area contributed by atoms with E-state index in [0.29, 0.717) is 24.1 Å². The van der Waals surface area contributed by atoms with E-state index in [-0.39, 0.29) is 5.82 Å². The van der Waals surface area contributed by atoms with Crippen LogP contribution in [0.15, 0.2) is 54.7 Å². The molecule has 0 unspecified atom stereocenters. The van der Waals surface area contributed by atoms with E-state index < -0.39 is 0 Å². The molecule has 1 aromatic heterocycles. The van der Waals surface area contributed by atoms with E-state index in [4.69, 9.17) is 4.74 Å². The number of methoxy groups -OCH3 is 1. The van der Waals surface area contributed by atoms with Gasteiger partial charge in [0.1, 0.15) is 11.6 Å². The molecule has 2 N–H and O–H groups in total. The maximum atomic E-state index is 12.9. The maximum absolute atomic E-state index is 12.9. The molecule has 1 heterocycles. The second-order valence-corrected chi connectivity index (χ2v) is 4.97. The van der Waals surface area contributed by atoms with Gasteiger partial charge in [-0.3, -0.25) is 0 Å². The predicted octanol–water partition coefficient (Wildman–Crippen LogP) is 3.38. The van der Waals surface area contributed by atoms with Crippen LogP contribution in [-0.4, -0.2) is 22.3 Å². The minimum Gasteiger partial charge on any atom is -0.495 e. The van der Waals surface area contributed by atoms with Crippen molar-refractivity contribution < 1.29 is 9.13 Å². The highest BCUT2D eigenvalue weighted by Crippen LogP contribution is 2.25. The summed E-state index contributed by atoms with van der Waals surface area (Å²) in [6.07, 6.45) is 1.52. The first-order valence-electron chi connectivity index (χ1n) is 7.32. The molecule has 0 aliphatic heterocycles. The number of nitrogens with zero attached hydrogens (tertiary/aromatic N) is 3. The molecule has 0 fully saturated rings. The van der Waals surface area contributed by atoms with Gasteiger partial charge in [-0.1, -0.05) is 24.3 Å². The molecule has 122 valence electrons. The lowest BCUT2D eigenvalue weighted by atomic mass is 10.2. The van der Waals surface area contributed by atoms with E-state index in [1.807, 2.05) is 24.3 Å². The molecule has 3 aromatic rings. The zero-order valence-electron chi connectivity index (χ0n) is 13.0. The van der Waals surface area contributed by atoms with Gasteiger partial charge in [-0.05, 0) is 29.8 Å². The molecule has 0 bridgehead atoms. The highest BCUT2D eigenvalue weighted by atomic mass is 19.1. The van der Waals surface area contributed by atoms with E-state index in [1.54, 1.807) is 19.2 Å². The zero-order valence-corrected chi connectivity index (χ0v) is 13.0. The van der Waals surface area contributed by atoms with Crippen molar-refractivity contribution in [2.75, 3.05) is 17.7 Å². The summed E-state index contributed by atoms with van der Waals surface area (Å²) in [4.78, 5) is 4.35. The first-order valence-corrected chi connectivity index (χ1v) is 7.32. The molecule has 0 radical (unpaired) electrons. The first kappa shape index (κ1) is 15.7. The lowest BCUT2D eigenvalue weighted by Gasteiger charge is -2.10. The van der Waals surface area contributed by atoms with Crippen LogP contribution < -0.4 is 15.4 Å². The number of benzene rings is 2. The summed E-state index contributed by atoms with van der Waals surface area (Å²) in [7, 11) is 1.60. The van der Waals surface area contributed by atoms with E-state index in [9.17, 15) is 4.39 Å². The molecule has 0 saturated heterocycles. The van der Waals surface area contributed by atoms with Gasteiger partial charge in [-0.25, -0.2) is 4.39 Å². The molecule has 6 nitrogen and oxygen atoms in total. The van der Waals surface area contributed by atoms with E-state index in [2.05, 4.69) is 25.8 Å². The molecule has 7 heteroatoms. The number of anilines is 3. The lowest BCUT2D eigenvalue weighted by Crippen LogP contribution is -2.06. The van der Waals surface area contributed by atoms with Gasteiger partial charge in [0, 0.05) is 6.54 Å². The number of nitrogens with one attached hydrogen (secondary N) is 2. The number of hydrogen-bond donors (Lipinski definition) is 2. The summed E-state index contributed by atoms with van der Waals surface area (Å²) in [5.41, 5.74) is 1.69. The van der Waals surface area contributed by atoms with E-state index in [0.717, 1.165) is 11.3 Å². The van der Waals surface area contributed by atoms with Crippen LogP contribution in [0.25, 0.3) is 0 Å². The Kier molecular flexibility index (Phi) is 4.81. The summed E-state index contributed by atoms with van der Waals surface area (Å²) in [6, 6.07) is 13.7. The monoisotopic (exact) mass is 325 g/mol. The summed E-state index contributed by atoms with van der Waals surface area (Å²) >= 11 is 0. The third-order valence-electron chi connectivity index (χ3n) is 3.30. The standard InChI is InChI=1S/C17H16FN5O/c1-24-15-5-3-2-4-14(15)21-17-22-16(11-20-23-17)19-10-12-6-8-13(18)9-7-12/h2-9,11H,10H2,1H3,(H2,19,21,22,23). The Hall–Kier alpha value is -3.22. The lowest BCUT2D eigenvalue weighted by molar-refractivity contribution is 0.417. The van der Waals surface area contributed by atoms with Gasteiger partial charge in [-0.2, -0.15) is 10.1 Å². The first-order chi connectivity index (χ1) is 11.7. The molecular weight excluding hydrogens is 309 g/mol. The molecule has 3 rings (SSSR count). The molecule has 2 aromatic carbocycles. The fraction of sp³-hybridized carbons (Fsp3) is 0.118. The normalized spacial score (nSPS) is 10.2. The third-order valence-corrected chi connectivity index (χ3v) is 3.30. The van der Waals surface area contributed by atoms with Gasteiger partial charge >= 0.3 is 0 Å². The largest absolute Gasteiger partial charge is 0.495 e. The van der Waals surface area contributed by atoms with Gasteiger partial charge in [0.2, 0.25) is 5.95 Å². The van der Waals surface area contributed by atoms with Crippen molar-refractivity contribution in [2.24, 2.45) is 0 Å². The van der Waals surface area contributed by atoms with Gasteiger partial charge in [0.15, 0.2) is 5.82 Å². The Morgan fingerprint density at radius 3 is 2.67 bits per heavy atom. The number of halogens is 1. The quantitative estimate of drug-likeness (QED) is 0.724. The molecule has 24 heavy (non-hydrogen) atoms. The summed E-state index contributed by atoms with van der Waals surface area (Å²) in [5, 5.41) is 14.1. The molecule has 0 spiro atoms. The van der Waals surface area contributed by atoms with Crippen LogP contribution in [0.3, 0.4) is 0 Å². The molecule has 0 aliphatic rings. The van der Waals surface area contributed by atoms with Crippen LogP contribution in [-0.2, 0) is 6.54 Å². The van der Waals surface area contributed by atoms with Gasteiger partial charge in [0.25, 0.3) is 0 Å². The highest BCUT2D eigenvalue weighted by Gasteiger charge is 2.05. The minimum atomic E-state index is -0.259. The number of hydrogen-bond acceptors (Lipinski definition) is 6. The minimum absolute atomic E-state index is 0.259. The Bertz CT molecular complexity index is 810. The Morgan fingerprint density at radius 1 is 1.08 bits per heavy atom. The van der Waals surface area contributed by atoms with Crippen LogP contribution in [0, 0.1) is 5.82 Å². The van der Waals surface area contributed by atoms with Crippen LogP contribution in [0.4, 0.5) is 21.8 Å². The van der Waals surface area contributed by atoms with Crippen molar-refractivity contribution in [1.29, 1.82) is 0 Å². The molecule has 0 saturated carbocycles. The topological polar surface area (TPSA) is 72.0 Å². The average molecular weight is 325 g/mol. The second-order valence-electron chi connectivity index (χ2n) is 4.97. The van der Waals surface area contributed by atoms with E-state index >= 15 is 0 Å². The Balaban J connectivity index is 1.68. The summed E-state index contributed by atoms with van der Waals surface area (Å²) < 4.78 is 18.2. The van der Waals surface area contributed by atoms with Crippen molar-refractivity contribution in [3.63, 3.8) is 0 Å². The van der Waals surface area contributed by atoms with Gasteiger partial charge in [-0.15, -0.1) is 5.10 Å². The number of rotatable bonds is 6. The van der Waals surface area contributed by atoms with Crippen molar-refractivity contribution >= 4 is 17.5 Å². The summed E-state index contributed by atoms with van der Waals surface area (Å²) in [6.45, 7) is 0.507. The van der Waals surface area contributed by atoms with Crippen molar-refractivity contribution in [3.05, 3.63) is 66.1 Å². The SMILES string of the molecule is COc1ccccc1Nc1nncc(NCc2ccc(F)cc2)n1. The average Bonchev–Trinajstić information content (AvgIpc) is 2.62.